The van der Waals surface area contributed by atoms with Crippen LogP contribution in [0.1, 0.15) is 89.2 Å². The summed E-state index contributed by atoms with van der Waals surface area (Å²) >= 11 is 11.1. The number of carbonyl (C=O) groups excluding carboxylic acids is 1. The molecular weight excluding hydrogens is 1480 g/mol. The minimum absolute atomic E-state index is 0.000741. The molecule has 0 aromatic carbocycles. The van der Waals surface area contributed by atoms with Crippen molar-refractivity contribution in [3.05, 3.63) is 205 Å². The molecule has 4 fully saturated rings. The van der Waals surface area contributed by atoms with E-state index in [9.17, 15) is 55.2 Å². The number of hydrogen-bond acceptors (Lipinski definition) is 31. The molecule has 0 saturated heterocycles. The molecule has 0 aliphatic heterocycles. The number of nitrogens with two attached hydrogens (primary N) is 2. The first kappa shape index (κ1) is 80.9. The van der Waals surface area contributed by atoms with Gasteiger partial charge in [0.05, 0.1) is 80.4 Å². The first-order valence-corrected chi connectivity index (χ1v) is 34.0. The molecule has 4 saturated carbocycles. The van der Waals surface area contributed by atoms with E-state index in [4.69, 9.17) is 49.5 Å². The lowest BCUT2D eigenvalue weighted by atomic mass is 9.51. The van der Waals surface area contributed by atoms with E-state index < -0.39 is 31.3 Å². The Kier molecular flexibility index (Phi) is 25.8. The van der Waals surface area contributed by atoms with Crippen molar-refractivity contribution in [3.8, 4) is 0 Å². The first-order chi connectivity index (χ1) is 52.2. The van der Waals surface area contributed by atoms with Crippen molar-refractivity contribution < 1.29 is 39.4 Å². The molecule has 2 atom stereocenters. The van der Waals surface area contributed by atoms with Gasteiger partial charge in [-0.15, -0.1) is 0 Å². The monoisotopic (exact) mass is 1550 g/mol. The van der Waals surface area contributed by atoms with Crippen LogP contribution in [-0.2, 0) is 17.3 Å². The van der Waals surface area contributed by atoms with E-state index >= 15 is 0 Å². The van der Waals surface area contributed by atoms with Gasteiger partial charge in [-0.1, -0.05) is 11.6 Å². The molecule has 4 bridgehead atoms. The van der Waals surface area contributed by atoms with E-state index in [0.29, 0.717) is 80.7 Å². The summed E-state index contributed by atoms with van der Waals surface area (Å²) in [5, 5.41) is 76.7. The Morgan fingerprint density at radius 2 is 1.17 bits per heavy atom. The van der Waals surface area contributed by atoms with Gasteiger partial charge in [-0.25, -0.2) is 78.0 Å². The van der Waals surface area contributed by atoms with Gasteiger partial charge >= 0.3 is 11.7 Å². The minimum atomic E-state index is -0.663. The number of fused-ring (bicyclic) bond motifs is 4. The van der Waals surface area contributed by atoms with Crippen molar-refractivity contribution in [1.29, 1.82) is 0 Å². The maximum absolute atomic E-state index is 13.5. The quantitative estimate of drug-likeness (QED) is 0.0136. The number of esters is 1. The Hall–Kier alpha value is -13.2. The normalized spacial score (nSPS) is 16.4. The summed E-state index contributed by atoms with van der Waals surface area (Å²) in [7, 11) is 5.44. The molecule has 16 rings (SSSR count). The molecular formula is C67H74Cl2N28O13. The Bertz CT molecular complexity index is 5500. The molecule has 12 aromatic rings. The van der Waals surface area contributed by atoms with E-state index in [1.807, 2.05) is 50.8 Å². The second-order valence-electron chi connectivity index (χ2n) is 25.8. The maximum Gasteiger partial charge on any atom is 0.342 e. The zero-order chi connectivity index (χ0) is 80.1. The Balaban J connectivity index is 0.000000156. The predicted octanol–water partition coefficient (Wildman–Crippen LogP) is 9.18. The molecule has 4 aliphatic rings. The van der Waals surface area contributed by atoms with Gasteiger partial charge in [0.2, 0.25) is 11.2 Å². The lowest BCUT2D eigenvalue weighted by Gasteiger charge is -2.60. The number of anilines is 4. The van der Waals surface area contributed by atoms with Crippen LogP contribution >= 0.6 is 23.2 Å². The number of aromatic nitrogens is 18. The molecule has 2 unspecified atom stereocenters. The number of imidazole rings is 1. The number of carbonyl (C=O) groups is 1. The number of aliphatic hydroxyl groups excluding tert-OH is 1. The summed E-state index contributed by atoms with van der Waals surface area (Å²) in [4.78, 5) is 114. The smallest absolute Gasteiger partial charge is 0.342 e. The van der Waals surface area contributed by atoms with Crippen molar-refractivity contribution in [2.24, 2.45) is 28.9 Å². The highest BCUT2D eigenvalue weighted by Gasteiger charge is 2.59. The van der Waals surface area contributed by atoms with Gasteiger partial charge in [0, 0.05) is 55.8 Å². The highest BCUT2D eigenvalue weighted by molar-refractivity contribution is 6.33. The number of hydrogen-bond donors (Lipinski definition) is 5. The standard InChI is InChI=1S/C23H26N8O2.C9H12N4O2.C8H9N3O3.C7H6Cl2N2O2.C7H6N4O2.C7H8N4.C6H7N3O2/c1-13-3-18-25-12-26-30(18)10-16(13)27-20-24-9-17-19(28-20)31(21(32)29(17)2)22-5-14-4-15(6-22)8-23(33,7-14)11-22;1-7-4-9(11-6-12(2)3)10-5-8(7)13(14)15;1-6-4-8(9-2-3-12)10-5-7(6)11(13)14;1-2-13-6(12)4-3-10-7(9)11-5(4)8;1-5-2-7-8-4-9-10(7)3-6(5)11(12)13;1-5-2-7-9-4-10-11(7)3-6(5)8;1-4-2-6(7)8-3-5(4)9(10)11/h3,9-10,12,14-15,33H,4-8,11H2,1-2H3,(H,24,27,28);4-6H,1-3H3;2,4-5,12H,3H2,1H3;3H,2H2,1H3;2-4H,1H3;2-4H,8H2,1H3;2-3H,1H3,(H2,7,8). The third-order valence-corrected chi connectivity index (χ3v) is 17.8. The average Bonchev–Trinajstić information content (AvgIpc) is 1.40. The van der Waals surface area contributed by atoms with Crippen molar-refractivity contribution in [3.63, 3.8) is 0 Å². The molecule has 0 spiro atoms. The van der Waals surface area contributed by atoms with Gasteiger partial charge in [0.1, 0.15) is 65.8 Å². The number of ether oxygens (including phenoxy) is 1. The Morgan fingerprint density at radius 1 is 0.664 bits per heavy atom. The number of nitrogen functional groups attached to an aromatic ring is 2. The van der Waals surface area contributed by atoms with Crippen molar-refractivity contribution in [2.45, 2.75) is 98.1 Å². The highest BCUT2D eigenvalue weighted by Crippen LogP contribution is 2.60. The third-order valence-electron chi connectivity index (χ3n) is 17.4. The number of rotatable bonds is 13. The zero-order valence-corrected chi connectivity index (χ0v) is 62.3. The summed E-state index contributed by atoms with van der Waals surface area (Å²) in [6.45, 7) is 12.3. The van der Waals surface area contributed by atoms with Gasteiger partial charge in [-0.3, -0.25) is 49.6 Å². The third kappa shape index (κ3) is 19.7. The lowest BCUT2D eigenvalue weighted by Crippen LogP contribution is -2.61. The number of aliphatic imine (C=N–C) groups is 2. The summed E-state index contributed by atoms with van der Waals surface area (Å²) in [5.41, 5.74) is 19.3. The lowest BCUT2D eigenvalue weighted by molar-refractivity contribution is -0.385. The number of pyridine rings is 6. The van der Waals surface area contributed by atoms with Crippen LogP contribution in [0.25, 0.3) is 28.1 Å². The van der Waals surface area contributed by atoms with Crippen LogP contribution < -0.4 is 22.5 Å². The van der Waals surface area contributed by atoms with Crippen LogP contribution in [0.5, 0.6) is 0 Å². The van der Waals surface area contributed by atoms with Crippen LogP contribution in [0.2, 0.25) is 10.4 Å². The zero-order valence-electron chi connectivity index (χ0n) is 60.8. The maximum atomic E-state index is 13.5. The number of nitro groups is 4. The highest BCUT2D eigenvalue weighted by atomic mass is 35.5. The topological polar surface area (TPSA) is 539 Å². The number of aryl methyl sites for hydroxylation is 7. The van der Waals surface area contributed by atoms with Crippen LogP contribution in [0, 0.1) is 93.8 Å². The van der Waals surface area contributed by atoms with Gasteiger partial charge < -0.3 is 36.6 Å². The Morgan fingerprint density at radius 3 is 1.68 bits per heavy atom. The fourth-order valence-electron chi connectivity index (χ4n) is 12.7. The van der Waals surface area contributed by atoms with E-state index in [1.54, 1.807) is 91.0 Å². The SMILES string of the molecule is CCOC(=O)c1cnc(Cl)nc1Cl.Cc1cc(N)ncc1[N+](=O)[O-].Cc1cc(N=CCO)ncc1[N+](=O)[O-].Cc1cc(N=CN(C)C)ncc1[N+](=O)[O-].Cc1cc2ncnn2cc1N.Cc1cc2ncnn2cc1Nc1ncc2c(n1)n(C13CC4CC(CC(O)(C4)C1)C3)c(=O)n2C.Cc1cc2ncnn2cc1[N+](=O)[O-]. The molecule has 0 amide bonds. The molecule has 7 N–H and O–H groups in total. The summed E-state index contributed by atoms with van der Waals surface area (Å²) in [6.07, 6.45) is 24.1. The molecule has 4 aliphatic carbocycles. The first-order valence-electron chi connectivity index (χ1n) is 33.2. The minimum Gasteiger partial charge on any atom is -0.462 e. The molecule has 574 valence electrons. The van der Waals surface area contributed by atoms with E-state index in [2.05, 4.69) is 75.5 Å². The number of nitrogens with one attached hydrogen (secondary N) is 1. The number of nitrogens with zero attached hydrogens (tertiary/aromatic N) is 25. The molecule has 43 heteroatoms. The molecule has 41 nitrogen and oxygen atoms in total. The number of aliphatic hydroxyl groups is 2. The van der Waals surface area contributed by atoms with E-state index in [-0.39, 0.29) is 63.2 Å². The second kappa shape index (κ2) is 35.1. The van der Waals surface area contributed by atoms with Gasteiger partial charge in [0.25, 0.3) is 22.7 Å². The van der Waals surface area contributed by atoms with Crippen molar-refractivity contribution in [2.75, 3.05) is 44.1 Å². The summed E-state index contributed by atoms with van der Waals surface area (Å²) in [5.74, 6) is 1.92. The Labute approximate surface area is 633 Å². The largest absolute Gasteiger partial charge is 0.462 e. The molecule has 12 aromatic heterocycles. The van der Waals surface area contributed by atoms with E-state index in [1.165, 1.54) is 60.4 Å². The predicted molar refractivity (Wildman–Crippen MR) is 404 cm³/mol. The van der Waals surface area contributed by atoms with Crippen LogP contribution in [0.4, 0.5) is 57.5 Å². The molecule has 0 radical (unpaired) electrons. The van der Waals surface area contributed by atoms with E-state index in [0.717, 1.165) is 78.3 Å². The molecule has 12 heterocycles. The number of halogens is 2. The van der Waals surface area contributed by atoms with Crippen LogP contribution in [0.3, 0.4) is 0 Å². The van der Waals surface area contributed by atoms with Gasteiger partial charge in [-0.2, -0.15) is 20.3 Å². The van der Waals surface area contributed by atoms with Gasteiger partial charge in [0.15, 0.2) is 34.2 Å². The second-order valence-corrected chi connectivity index (χ2v) is 26.5. The summed E-state index contributed by atoms with van der Waals surface area (Å²) in [6, 6.07) is 10.0. The fourth-order valence-corrected chi connectivity index (χ4v) is 13.1. The molecule has 110 heavy (non-hydrogen) atoms. The summed E-state index contributed by atoms with van der Waals surface area (Å²) < 4.78 is 12.9. The van der Waals surface area contributed by atoms with Crippen LogP contribution in [0.15, 0.2) is 120 Å². The fraction of sp³-hybridized carbons (Fsp3) is 0.328. The van der Waals surface area contributed by atoms with Crippen LogP contribution in [-0.4, -0.2) is 174 Å². The van der Waals surface area contributed by atoms with Crippen molar-refractivity contribution in [1.82, 2.24) is 92.7 Å². The van der Waals surface area contributed by atoms with Crippen molar-refractivity contribution >= 4 is 127 Å². The van der Waals surface area contributed by atoms with Gasteiger partial charge in [-0.05, 0) is 158 Å². The average molecular weight is 1550 g/mol.